The summed E-state index contributed by atoms with van der Waals surface area (Å²) in [6.07, 6.45) is 5.74. The fourth-order valence-electron chi connectivity index (χ4n) is 2.37. The molecule has 0 aliphatic carbocycles. The zero-order valence-corrected chi connectivity index (χ0v) is 12.8. The van der Waals surface area contributed by atoms with Crippen LogP contribution in [0.15, 0.2) is 36.0 Å². The molecule has 21 heavy (non-hydrogen) atoms. The molecule has 0 saturated carbocycles. The molecule has 1 aromatic rings. The van der Waals surface area contributed by atoms with Gasteiger partial charge in [0.15, 0.2) is 0 Å². The van der Waals surface area contributed by atoms with E-state index in [0.29, 0.717) is 6.54 Å². The lowest BCUT2D eigenvalue weighted by Gasteiger charge is -2.26. The highest BCUT2D eigenvalue weighted by Crippen LogP contribution is 2.12. The van der Waals surface area contributed by atoms with Crippen molar-refractivity contribution in [3.05, 3.63) is 41.7 Å². The number of amides is 2. The SMILES string of the molecule is C[C@H](NC(=O)NCCc1ccccn1)C1=CCN(C)CC1. The Morgan fingerprint density at radius 2 is 2.33 bits per heavy atom. The zero-order chi connectivity index (χ0) is 15.1. The van der Waals surface area contributed by atoms with Gasteiger partial charge in [0.1, 0.15) is 0 Å². The monoisotopic (exact) mass is 288 g/mol. The van der Waals surface area contributed by atoms with Gasteiger partial charge in [-0.25, -0.2) is 4.79 Å². The van der Waals surface area contributed by atoms with E-state index in [-0.39, 0.29) is 12.1 Å². The van der Waals surface area contributed by atoms with Crippen LogP contribution in [0, 0.1) is 0 Å². The summed E-state index contributed by atoms with van der Waals surface area (Å²) in [5.74, 6) is 0. The van der Waals surface area contributed by atoms with Crippen molar-refractivity contribution in [2.75, 3.05) is 26.7 Å². The highest BCUT2D eigenvalue weighted by atomic mass is 16.2. The highest BCUT2D eigenvalue weighted by Gasteiger charge is 2.15. The Hall–Kier alpha value is -1.88. The number of likely N-dealkylation sites (N-methyl/N-ethyl adjacent to an activating group) is 1. The van der Waals surface area contributed by atoms with Crippen LogP contribution in [0.4, 0.5) is 4.79 Å². The van der Waals surface area contributed by atoms with Crippen molar-refractivity contribution in [1.82, 2.24) is 20.5 Å². The van der Waals surface area contributed by atoms with Crippen LogP contribution in [0.2, 0.25) is 0 Å². The van der Waals surface area contributed by atoms with Crippen molar-refractivity contribution in [3.63, 3.8) is 0 Å². The summed E-state index contributed by atoms with van der Waals surface area (Å²) in [4.78, 5) is 18.4. The first-order chi connectivity index (χ1) is 10.1. The first kappa shape index (κ1) is 15.5. The lowest BCUT2D eigenvalue weighted by molar-refractivity contribution is 0.238. The van der Waals surface area contributed by atoms with Gasteiger partial charge in [0, 0.05) is 44.0 Å². The van der Waals surface area contributed by atoms with Crippen LogP contribution >= 0.6 is 0 Å². The number of nitrogens with zero attached hydrogens (tertiary/aromatic N) is 2. The second-order valence-electron chi connectivity index (χ2n) is 5.48. The van der Waals surface area contributed by atoms with Crippen LogP contribution in [0.25, 0.3) is 0 Å². The first-order valence-corrected chi connectivity index (χ1v) is 7.47. The maximum atomic E-state index is 11.9. The van der Waals surface area contributed by atoms with Crippen molar-refractivity contribution < 1.29 is 4.79 Å². The first-order valence-electron chi connectivity index (χ1n) is 7.47. The molecule has 5 nitrogen and oxygen atoms in total. The van der Waals surface area contributed by atoms with E-state index < -0.39 is 0 Å². The van der Waals surface area contributed by atoms with Gasteiger partial charge in [-0.05, 0) is 38.1 Å². The third-order valence-electron chi connectivity index (χ3n) is 3.74. The second kappa shape index (κ2) is 7.78. The molecule has 0 unspecified atom stereocenters. The van der Waals surface area contributed by atoms with Crippen molar-refractivity contribution in [2.45, 2.75) is 25.8 Å². The van der Waals surface area contributed by atoms with Gasteiger partial charge in [0.2, 0.25) is 0 Å². The Balaban J connectivity index is 1.69. The normalized spacial score (nSPS) is 17.0. The Morgan fingerprint density at radius 1 is 1.48 bits per heavy atom. The smallest absolute Gasteiger partial charge is 0.315 e. The molecule has 0 fully saturated rings. The summed E-state index contributed by atoms with van der Waals surface area (Å²) in [6.45, 7) is 4.65. The van der Waals surface area contributed by atoms with Crippen LogP contribution in [0.5, 0.6) is 0 Å². The van der Waals surface area contributed by atoms with E-state index in [1.165, 1.54) is 5.57 Å². The van der Waals surface area contributed by atoms with E-state index in [0.717, 1.165) is 31.6 Å². The Morgan fingerprint density at radius 3 is 3.00 bits per heavy atom. The number of nitrogens with one attached hydrogen (secondary N) is 2. The standard InChI is InChI=1S/C16H24N4O/c1-13(14-7-11-20(2)12-8-14)19-16(21)18-10-6-15-5-3-4-9-17-15/h3-5,7,9,13H,6,8,10-12H2,1-2H3,(H2,18,19,21)/t13-/m0/s1. The van der Waals surface area contributed by atoms with E-state index in [1.807, 2.05) is 25.1 Å². The van der Waals surface area contributed by atoms with Crippen LogP contribution in [0.1, 0.15) is 19.0 Å². The number of hydrogen-bond donors (Lipinski definition) is 2. The molecule has 1 atom stereocenters. The highest BCUT2D eigenvalue weighted by molar-refractivity contribution is 5.74. The molecule has 0 aromatic carbocycles. The average molecular weight is 288 g/mol. The van der Waals surface area contributed by atoms with Crippen molar-refractivity contribution in [2.24, 2.45) is 0 Å². The van der Waals surface area contributed by atoms with E-state index in [2.05, 4.69) is 33.6 Å². The molecule has 2 rings (SSSR count). The van der Waals surface area contributed by atoms with Crippen LogP contribution < -0.4 is 10.6 Å². The van der Waals surface area contributed by atoms with E-state index in [1.54, 1.807) is 6.20 Å². The maximum Gasteiger partial charge on any atom is 0.315 e. The molecule has 0 spiro atoms. The van der Waals surface area contributed by atoms with Crippen LogP contribution in [0.3, 0.4) is 0 Å². The number of pyridine rings is 1. The van der Waals surface area contributed by atoms with Gasteiger partial charge in [-0.15, -0.1) is 0 Å². The molecule has 1 aromatic heterocycles. The molecule has 0 saturated heterocycles. The molecular weight excluding hydrogens is 264 g/mol. The Labute approximate surface area is 126 Å². The number of hydrogen-bond acceptors (Lipinski definition) is 3. The fourth-order valence-corrected chi connectivity index (χ4v) is 2.37. The minimum absolute atomic E-state index is 0.0913. The van der Waals surface area contributed by atoms with Crippen LogP contribution in [-0.4, -0.2) is 48.6 Å². The quantitative estimate of drug-likeness (QED) is 0.809. The lowest BCUT2D eigenvalue weighted by Crippen LogP contribution is -2.43. The van der Waals surface area contributed by atoms with Crippen molar-refractivity contribution >= 4 is 6.03 Å². The molecular formula is C16H24N4O. The zero-order valence-electron chi connectivity index (χ0n) is 12.8. The van der Waals surface area contributed by atoms with Gasteiger partial charge in [0.25, 0.3) is 0 Å². The molecule has 5 heteroatoms. The number of rotatable bonds is 5. The van der Waals surface area contributed by atoms with Crippen LogP contribution in [-0.2, 0) is 6.42 Å². The number of carbonyl (C=O) groups excluding carboxylic acids is 1. The predicted molar refractivity (Wildman–Crippen MR) is 84.1 cm³/mol. The molecule has 0 bridgehead atoms. The number of urea groups is 1. The van der Waals surface area contributed by atoms with Crippen molar-refractivity contribution in [1.29, 1.82) is 0 Å². The van der Waals surface area contributed by atoms with E-state index in [9.17, 15) is 4.79 Å². The molecule has 2 N–H and O–H groups in total. The molecule has 114 valence electrons. The maximum absolute atomic E-state index is 11.9. The topological polar surface area (TPSA) is 57.3 Å². The van der Waals surface area contributed by atoms with Gasteiger partial charge in [0.05, 0.1) is 0 Å². The summed E-state index contributed by atoms with van der Waals surface area (Å²) < 4.78 is 0. The third-order valence-corrected chi connectivity index (χ3v) is 3.74. The summed E-state index contributed by atoms with van der Waals surface area (Å²) in [6, 6.07) is 5.79. The Kier molecular flexibility index (Phi) is 5.75. The van der Waals surface area contributed by atoms with E-state index in [4.69, 9.17) is 0 Å². The van der Waals surface area contributed by atoms with Gasteiger partial charge in [-0.1, -0.05) is 12.1 Å². The van der Waals surface area contributed by atoms with Gasteiger partial charge >= 0.3 is 6.03 Å². The second-order valence-corrected chi connectivity index (χ2v) is 5.48. The van der Waals surface area contributed by atoms with E-state index >= 15 is 0 Å². The number of carbonyl (C=O) groups is 1. The summed E-state index contributed by atoms with van der Waals surface area (Å²) in [5, 5.41) is 5.88. The predicted octanol–water partition coefficient (Wildman–Crippen LogP) is 1.57. The third kappa shape index (κ3) is 5.19. The Bertz CT molecular complexity index is 486. The summed E-state index contributed by atoms with van der Waals surface area (Å²) in [5.41, 5.74) is 2.30. The molecule has 2 heterocycles. The van der Waals surface area contributed by atoms with Crippen molar-refractivity contribution in [3.8, 4) is 0 Å². The van der Waals surface area contributed by atoms with Gasteiger partial charge in [-0.3, -0.25) is 4.98 Å². The number of aromatic nitrogens is 1. The minimum atomic E-state index is -0.113. The average Bonchev–Trinajstić information content (AvgIpc) is 2.49. The van der Waals surface area contributed by atoms with Gasteiger partial charge < -0.3 is 15.5 Å². The van der Waals surface area contributed by atoms with Gasteiger partial charge in [-0.2, -0.15) is 0 Å². The molecule has 1 aliphatic rings. The molecule has 0 radical (unpaired) electrons. The summed E-state index contributed by atoms with van der Waals surface area (Å²) in [7, 11) is 2.11. The molecule has 1 aliphatic heterocycles. The summed E-state index contributed by atoms with van der Waals surface area (Å²) >= 11 is 0. The fraction of sp³-hybridized carbons (Fsp3) is 0.500. The molecule has 2 amide bonds. The largest absolute Gasteiger partial charge is 0.338 e. The minimum Gasteiger partial charge on any atom is -0.338 e. The lowest BCUT2D eigenvalue weighted by atomic mass is 10.0.